The molecule has 1 N–H and O–H groups in total. The molecule has 0 saturated heterocycles. The molecule has 1 aromatic rings. The first kappa shape index (κ1) is 16.2. The Kier molecular flexibility index (Phi) is 7.15. The van der Waals surface area contributed by atoms with Crippen molar-refractivity contribution in [2.45, 2.75) is 65.8 Å². The third-order valence-corrected chi connectivity index (χ3v) is 3.76. The SMILES string of the molecule is CC(C)CCCCNC(C)c1ccc(C(C)C)cc1. The fourth-order valence-corrected chi connectivity index (χ4v) is 2.28. The van der Waals surface area contributed by atoms with Gasteiger partial charge in [0, 0.05) is 6.04 Å². The smallest absolute Gasteiger partial charge is 0.0291 e. The van der Waals surface area contributed by atoms with Crippen molar-refractivity contribution >= 4 is 0 Å². The number of nitrogens with one attached hydrogen (secondary N) is 1. The van der Waals surface area contributed by atoms with E-state index in [9.17, 15) is 0 Å². The summed E-state index contributed by atoms with van der Waals surface area (Å²) >= 11 is 0. The Morgan fingerprint density at radius 1 is 0.842 bits per heavy atom. The zero-order valence-electron chi connectivity index (χ0n) is 13.4. The molecule has 0 saturated carbocycles. The molecule has 0 bridgehead atoms. The summed E-state index contributed by atoms with van der Waals surface area (Å²) in [6, 6.07) is 9.51. The molecule has 0 aromatic heterocycles. The van der Waals surface area contributed by atoms with Crippen molar-refractivity contribution in [1.29, 1.82) is 0 Å². The molecule has 108 valence electrons. The molecule has 0 fully saturated rings. The zero-order chi connectivity index (χ0) is 14.3. The van der Waals surface area contributed by atoms with Gasteiger partial charge in [0.2, 0.25) is 0 Å². The number of unbranched alkanes of at least 4 members (excludes halogenated alkanes) is 1. The summed E-state index contributed by atoms with van der Waals surface area (Å²) in [4.78, 5) is 0. The van der Waals surface area contributed by atoms with Gasteiger partial charge in [-0.15, -0.1) is 0 Å². The lowest BCUT2D eigenvalue weighted by atomic mass is 9.99. The summed E-state index contributed by atoms with van der Waals surface area (Å²) in [7, 11) is 0. The molecule has 1 rings (SSSR count). The van der Waals surface area contributed by atoms with Crippen molar-refractivity contribution < 1.29 is 0 Å². The molecule has 1 atom stereocenters. The van der Waals surface area contributed by atoms with Gasteiger partial charge in [-0.25, -0.2) is 0 Å². The molecule has 0 aliphatic carbocycles. The number of benzene rings is 1. The third kappa shape index (κ3) is 6.24. The van der Waals surface area contributed by atoms with Crippen LogP contribution in [0.3, 0.4) is 0 Å². The second-order valence-electron chi connectivity index (χ2n) is 6.39. The van der Waals surface area contributed by atoms with Crippen molar-refractivity contribution in [2.24, 2.45) is 5.92 Å². The minimum Gasteiger partial charge on any atom is -0.310 e. The van der Waals surface area contributed by atoms with E-state index >= 15 is 0 Å². The molecular formula is C18H31N. The van der Waals surface area contributed by atoms with E-state index < -0.39 is 0 Å². The van der Waals surface area contributed by atoms with Gasteiger partial charge in [0.15, 0.2) is 0 Å². The minimum absolute atomic E-state index is 0.459. The Bertz CT molecular complexity index is 337. The van der Waals surface area contributed by atoms with Crippen LogP contribution in [-0.2, 0) is 0 Å². The van der Waals surface area contributed by atoms with Crippen LogP contribution in [0.2, 0.25) is 0 Å². The predicted octanol–water partition coefficient (Wildman–Crippen LogP) is 5.29. The van der Waals surface area contributed by atoms with Crippen molar-refractivity contribution in [1.82, 2.24) is 5.32 Å². The highest BCUT2D eigenvalue weighted by Gasteiger charge is 2.05. The maximum absolute atomic E-state index is 3.62. The molecule has 1 nitrogen and oxygen atoms in total. The largest absolute Gasteiger partial charge is 0.310 e. The Morgan fingerprint density at radius 3 is 1.95 bits per heavy atom. The van der Waals surface area contributed by atoms with E-state index in [4.69, 9.17) is 0 Å². The van der Waals surface area contributed by atoms with Gasteiger partial charge < -0.3 is 5.32 Å². The van der Waals surface area contributed by atoms with Gasteiger partial charge in [0.25, 0.3) is 0 Å². The number of rotatable bonds is 8. The van der Waals surface area contributed by atoms with E-state index in [2.05, 4.69) is 64.2 Å². The summed E-state index contributed by atoms with van der Waals surface area (Å²) in [6.07, 6.45) is 3.97. The molecule has 1 heteroatoms. The molecule has 0 amide bonds. The molecule has 1 aromatic carbocycles. The van der Waals surface area contributed by atoms with Crippen molar-refractivity contribution in [3.8, 4) is 0 Å². The molecule has 0 spiro atoms. The lowest BCUT2D eigenvalue weighted by molar-refractivity contribution is 0.498. The van der Waals surface area contributed by atoms with Gasteiger partial charge >= 0.3 is 0 Å². The third-order valence-electron chi connectivity index (χ3n) is 3.76. The van der Waals surface area contributed by atoms with Gasteiger partial charge in [0.1, 0.15) is 0 Å². The summed E-state index contributed by atoms with van der Waals surface area (Å²) < 4.78 is 0. The van der Waals surface area contributed by atoms with Gasteiger partial charge in [-0.2, -0.15) is 0 Å². The second kappa shape index (κ2) is 8.37. The lowest BCUT2D eigenvalue weighted by Crippen LogP contribution is -2.19. The van der Waals surface area contributed by atoms with E-state index in [1.165, 1.54) is 30.4 Å². The standard InChI is InChI=1S/C18H31N/c1-14(2)8-6-7-13-19-16(5)18-11-9-17(10-12-18)15(3)4/h9-12,14-16,19H,6-8,13H2,1-5H3. The van der Waals surface area contributed by atoms with Crippen LogP contribution in [0.4, 0.5) is 0 Å². The fraction of sp³-hybridized carbons (Fsp3) is 0.667. The monoisotopic (exact) mass is 261 g/mol. The van der Waals surface area contributed by atoms with E-state index in [0.29, 0.717) is 12.0 Å². The van der Waals surface area contributed by atoms with Crippen LogP contribution in [0.1, 0.15) is 77.0 Å². The zero-order valence-corrected chi connectivity index (χ0v) is 13.4. The Morgan fingerprint density at radius 2 is 1.42 bits per heavy atom. The first-order valence-corrected chi connectivity index (χ1v) is 7.84. The Labute approximate surface area is 119 Å². The molecule has 1 unspecified atom stereocenters. The predicted molar refractivity (Wildman–Crippen MR) is 85.6 cm³/mol. The van der Waals surface area contributed by atoms with Crippen molar-refractivity contribution in [3.05, 3.63) is 35.4 Å². The van der Waals surface area contributed by atoms with Crippen LogP contribution in [0.15, 0.2) is 24.3 Å². The first-order chi connectivity index (χ1) is 9.00. The van der Waals surface area contributed by atoms with Crippen molar-refractivity contribution in [2.75, 3.05) is 6.54 Å². The lowest BCUT2D eigenvalue weighted by Gasteiger charge is -2.15. The van der Waals surface area contributed by atoms with Crippen LogP contribution in [-0.4, -0.2) is 6.54 Å². The normalized spacial score (nSPS) is 13.2. The van der Waals surface area contributed by atoms with Gasteiger partial charge in [-0.05, 0) is 42.9 Å². The Hall–Kier alpha value is -0.820. The fourth-order valence-electron chi connectivity index (χ4n) is 2.28. The molecule has 0 aliphatic heterocycles. The van der Waals surface area contributed by atoms with Crippen LogP contribution >= 0.6 is 0 Å². The summed E-state index contributed by atoms with van der Waals surface area (Å²) in [5, 5.41) is 3.62. The average Bonchev–Trinajstić information content (AvgIpc) is 2.37. The van der Waals surface area contributed by atoms with Gasteiger partial charge in [0.05, 0.1) is 0 Å². The van der Waals surface area contributed by atoms with Crippen LogP contribution in [0, 0.1) is 5.92 Å². The minimum atomic E-state index is 0.459. The van der Waals surface area contributed by atoms with E-state index in [1.807, 2.05) is 0 Å². The molecule has 19 heavy (non-hydrogen) atoms. The number of hydrogen-bond donors (Lipinski definition) is 1. The highest BCUT2D eigenvalue weighted by Crippen LogP contribution is 2.18. The second-order valence-corrected chi connectivity index (χ2v) is 6.39. The topological polar surface area (TPSA) is 12.0 Å². The summed E-state index contributed by atoms with van der Waals surface area (Å²) in [5.74, 6) is 1.45. The molecular weight excluding hydrogens is 230 g/mol. The quantitative estimate of drug-likeness (QED) is 0.627. The molecule has 0 heterocycles. The number of hydrogen-bond acceptors (Lipinski definition) is 1. The highest BCUT2D eigenvalue weighted by molar-refractivity contribution is 5.26. The van der Waals surface area contributed by atoms with E-state index in [1.54, 1.807) is 0 Å². The van der Waals surface area contributed by atoms with Crippen molar-refractivity contribution in [3.63, 3.8) is 0 Å². The van der Waals surface area contributed by atoms with Crippen LogP contribution in [0.25, 0.3) is 0 Å². The first-order valence-electron chi connectivity index (χ1n) is 7.84. The van der Waals surface area contributed by atoms with Gasteiger partial charge in [-0.3, -0.25) is 0 Å². The van der Waals surface area contributed by atoms with Gasteiger partial charge in [-0.1, -0.05) is 64.8 Å². The summed E-state index contributed by atoms with van der Waals surface area (Å²) in [5.41, 5.74) is 2.82. The highest BCUT2D eigenvalue weighted by atomic mass is 14.9. The van der Waals surface area contributed by atoms with E-state index in [0.717, 1.165) is 12.5 Å². The molecule has 0 aliphatic rings. The Balaban J connectivity index is 2.31. The maximum atomic E-state index is 3.62. The molecule has 0 radical (unpaired) electrons. The maximum Gasteiger partial charge on any atom is 0.0291 e. The van der Waals surface area contributed by atoms with E-state index in [-0.39, 0.29) is 0 Å². The van der Waals surface area contributed by atoms with Crippen LogP contribution in [0.5, 0.6) is 0 Å². The van der Waals surface area contributed by atoms with Crippen LogP contribution < -0.4 is 5.32 Å². The summed E-state index contributed by atoms with van der Waals surface area (Å²) in [6.45, 7) is 12.5. The average molecular weight is 261 g/mol.